The van der Waals surface area contributed by atoms with Crippen molar-refractivity contribution < 1.29 is 4.74 Å². The minimum Gasteiger partial charge on any atom is -0.490 e. The molecule has 0 saturated carbocycles. The predicted octanol–water partition coefficient (Wildman–Crippen LogP) is 3.37. The molecule has 0 radical (unpaired) electrons. The Morgan fingerprint density at radius 1 is 1.23 bits per heavy atom. The SMILES string of the molecule is CCN(c1ccccc1)c1cncc(OC[C@@H]2CCCN2)c1. The van der Waals surface area contributed by atoms with Crippen LogP contribution in [0, 0.1) is 0 Å². The van der Waals surface area contributed by atoms with Crippen LogP contribution in [0.5, 0.6) is 5.75 Å². The summed E-state index contributed by atoms with van der Waals surface area (Å²) in [5.41, 5.74) is 2.23. The van der Waals surface area contributed by atoms with Gasteiger partial charge in [-0.25, -0.2) is 0 Å². The van der Waals surface area contributed by atoms with Gasteiger partial charge in [-0.1, -0.05) is 18.2 Å². The summed E-state index contributed by atoms with van der Waals surface area (Å²) in [5, 5.41) is 3.45. The molecule has 1 aliphatic rings. The minimum atomic E-state index is 0.472. The number of aromatic nitrogens is 1. The summed E-state index contributed by atoms with van der Waals surface area (Å²) in [6, 6.07) is 12.9. The van der Waals surface area contributed by atoms with Gasteiger partial charge in [0.1, 0.15) is 12.4 Å². The van der Waals surface area contributed by atoms with Crippen molar-refractivity contribution in [2.24, 2.45) is 0 Å². The fourth-order valence-corrected chi connectivity index (χ4v) is 2.85. The van der Waals surface area contributed by atoms with Crippen LogP contribution in [0.3, 0.4) is 0 Å². The fourth-order valence-electron chi connectivity index (χ4n) is 2.85. The number of ether oxygens (including phenoxy) is 1. The van der Waals surface area contributed by atoms with Crippen LogP contribution in [0.25, 0.3) is 0 Å². The van der Waals surface area contributed by atoms with Crippen LogP contribution in [0.15, 0.2) is 48.8 Å². The molecule has 0 amide bonds. The van der Waals surface area contributed by atoms with Crippen LogP contribution >= 0.6 is 0 Å². The molecule has 1 aromatic heterocycles. The number of rotatable bonds is 6. The molecule has 1 N–H and O–H groups in total. The topological polar surface area (TPSA) is 37.4 Å². The molecule has 0 aliphatic carbocycles. The lowest BCUT2D eigenvalue weighted by atomic mass is 10.2. The van der Waals surface area contributed by atoms with E-state index < -0.39 is 0 Å². The quantitative estimate of drug-likeness (QED) is 0.887. The Bertz CT molecular complexity index is 582. The Balaban J connectivity index is 1.71. The first-order valence-electron chi connectivity index (χ1n) is 8.00. The molecule has 0 bridgehead atoms. The lowest BCUT2D eigenvalue weighted by molar-refractivity contribution is 0.276. The van der Waals surface area contributed by atoms with Gasteiger partial charge in [-0.15, -0.1) is 0 Å². The molecule has 0 unspecified atom stereocenters. The van der Waals surface area contributed by atoms with E-state index in [1.165, 1.54) is 18.5 Å². The number of anilines is 2. The highest BCUT2D eigenvalue weighted by atomic mass is 16.5. The van der Waals surface area contributed by atoms with E-state index in [1.807, 2.05) is 12.3 Å². The number of nitrogens with zero attached hydrogens (tertiary/aromatic N) is 2. The highest BCUT2D eigenvalue weighted by Gasteiger charge is 2.15. The van der Waals surface area contributed by atoms with Crippen LogP contribution in [0.2, 0.25) is 0 Å². The zero-order chi connectivity index (χ0) is 15.2. The fraction of sp³-hybridized carbons (Fsp3) is 0.389. The van der Waals surface area contributed by atoms with Crippen LogP contribution < -0.4 is 15.0 Å². The summed E-state index contributed by atoms with van der Waals surface area (Å²) in [6.45, 7) is 4.84. The highest BCUT2D eigenvalue weighted by molar-refractivity contribution is 5.63. The monoisotopic (exact) mass is 297 g/mol. The molecule has 1 aromatic carbocycles. The van der Waals surface area contributed by atoms with Gasteiger partial charge >= 0.3 is 0 Å². The van der Waals surface area contributed by atoms with Gasteiger partial charge in [-0.2, -0.15) is 0 Å². The largest absolute Gasteiger partial charge is 0.490 e. The number of benzene rings is 1. The third-order valence-corrected chi connectivity index (χ3v) is 4.01. The molecule has 0 spiro atoms. The molecule has 3 rings (SSSR count). The third-order valence-electron chi connectivity index (χ3n) is 4.01. The van der Waals surface area contributed by atoms with Crippen molar-refractivity contribution in [2.75, 3.05) is 24.6 Å². The van der Waals surface area contributed by atoms with Gasteiger partial charge in [0.05, 0.1) is 18.1 Å². The van der Waals surface area contributed by atoms with Crippen molar-refractivity contribution in [3.05, 3.63) is 48.8 Å². The number of nitrogens with one attached hydrogen (secondary N) is 1. The summed E-state index contributed by atoms with van der Waals surface area (Å²) >= 11 is 0. The first kappa shape index (κ1) is 14.9. The summed E-state index contributed by atoms with van der Waals surface area (Å²) < 4.78 is 5.91. The Hall–Kier alpha value is -2.07. The standard InChI is InChI=1S/C18H23N3O/c1-2-21(16-8-4-3-5-9-16)17-11-18(13-19-12-17)22-14-15-7-6-10-20-15/h3-5,8-9,11-13,15,20H,2,6-7,10,14H2,1H3/t15-/m0/s1. The van der Waals surface area contributed by atoms with Crippen LogP contribution in [-0.2, 0) is 0 Å². The van der Waals surface area contributed by atoms with Crippen molar-refractivity contribution >= 4 is 11.4 Å². The average Bonchev–Trinajstić information content (AvgIpc) is 3.09. The van der Waals surface area contributed by atoms with Crippen LogP contribution in [0.1, 0.15) is 19.8 Å². The van der Waals surface area contributed by atoms with Gasteiger partial charge in [0, 0.05) is 24.3 Å². The second-order valence-corrected chi connectivity index (χ2v) is 5.56. The van der Waals surface area contributed by atoms with Crippen LogP contribution in [-0.4, -0.2) is 30.7 Å². The zero-order valence-corrected chi connectivity index (χ0v) is 13.0. The van der Waals surface area contributed by atoms with Crippen molar-refractivity contribution in [1.29, 1.82) is 0 Å². The first-order valence-corrected chi connectivity index (χ1v) is 8.00. The summed E-state index contributed by atoms with van der Waals surface area (Å²) in [4.78, 5) is 6.57. The molecule has 2 heterocycles. The average molecular weight is 297 g/mol. The third kappa shape index (κ3) is 3.57. The highest BCUT2D eigenvalue weighted by Crippen LogP contribution is 2.27. The van der Waals surface area contributed by atoms with Crippen molar-refractivity contribution in [3.63, 3.8) is 0 Å². The Kier molecular flexibility index (Phi) is 4.91. The summed E-state index contributed by atoms with van der Waals surface area (Å²) in [5.74, 6) is 0.834. The molecular formula is C18H23N3O. The molecule has 2 aromatic rings. The number of hydrogen-bond acceptors (Lipinski definition) is 4. The van der Waals surface area contributed by atoms with Crippen molar-refractivity contribution in [2.45, 2.75) is 25.8 Å². The van der Waals surface area contributed by atoms with E-state index in [2.05, 4.69) is 52.5 Å². The van der Waals surface area contributed by atoms with Crippen LogP contribution in [0.4, 0.5) is 11.4 Å². The molecule has 1 aliphatic heterocycles. The second-order valence-electron chi connectivity index (χ2n) is 5.56. The van der Waals surface area contributed by atoms with E-state index in [1.54, 1.807) is 6.20 Å². The molecule has 1 saturated heterocycles. The van der Waals surface area contributed by atoms with Gasteiger partial charge < -0.3 is 15.0 Å². The van der Waals surface area contributed by atoms with Crippen molar-refractivity contribution in [1.82, 2.24) is 10.3 Å². The number of para-hydroxylation sites is 1. The summed E-state index contributed by atoms with van der Waals surface area (Å²) in [7, 11) is 0. The lowest BCUT2D eigenvalue weighted by Gasteiger charge is -2.23. The normalized spacial score (nSPS) is 17.4. The molecule has 116 valence electrons. The van der Waals surface area contributed by atoms with Gasteiger partial charge in [-0.3, -0.25) is 4.98 Å². The smallest absolute Gasteiger partial charge is 0.139 e. The van der Waals surface area contributed by atoms with E-state index in [9.17, 15) is 0 Å². The Morgan fingerprint density at radius 3 is 2.82 bits per heavy atom. The van der Waals surface area contributed by atoms with E-state index in [0.717, 1.165) is 24.5 Å². The number of pyridine rings is 1. The zero-order valence-electron chi connectivity index (χ0n) is 13.0. The molecule has 1 atom stereocenters. The second kappa shape index (κ2) is 7.27. The van der Waals surface area contributed by atoms with Gasteiger partial charge in [0.25, 0.3) is 0 Å². The molecule has 4 heteroatoms. The maximum Gasteiger partial charge on any atom is 0.139 e. The Labute approximate surface area is 132 Å². The Morgan fingerprint density at radius 2 is 2.09 bits per heavy atom. The van der Waals surface area contributed by atoms with Gasteiger partial charge in [0.2, 0.25) is 0 Å². The van der Waals surface area contributed by atoms with E-state index >= 15 is 0 Å². The molecule has 1 fully saturated rings. The maximum absolute atomic E-state index is 5.91. The minimum absolute atomic E-state index is 0.472. The van der Waals surface area contributed by atoms with Crippen molar-refractivity contribution in [3.8, 4) is 5.75 Å². The van der Waals surface area contributed by atoms with E-state index in [4.69, 9.17) is 4.74 Å². The lowest BCUT2D eigenvalue weighted by Crippen LogP contribution is -2.28. The maximum atomic E-state index is 5.91. The van der Waals surface area contributed by atoms with E-state index in [-0.39, 0.29) is 0 Å². The van der Waals surface area contributed by atoms with Gasteiger partial charge in [-0.05, 0) is 38.4 Å². The first-order chi connectivity index (χ1) is 10.9. The molecular weight excluding hydrogens is 274 g/mol. The molecule has 22 heavy (non-hydrogen) atoms. The summed E-state index contributed by atoms with van der Waals surface area (Å²) in [6.07, 6.45) is 6.11. The van der Waals surface area contributed by atoms with E-state index in [0.29, 0.717) is 12.6 Å². The molecule has 4 nitrogen and oxygen atoms in total. The van der Waals surface area contributed by atoms with Gasteiger partial charge in [0.15, 0.2) is 0 Å². The predicted molar refractivity (Wildman–Crippen MR) is 89.9 cm³/mol. The number of hydrogen-bond donors (Lipinski definition) is 1.